The van der Waals surface area contributed by atoms with Gasteiger partial charge >= 0.3 is 5.97 Å². The first-order valence-corrected chi connectivity index (χ1v) is 8.10. The minimum Gasteiger partial charge on any atom is -0.469 e. The molecule has 0 spiro atoms. The molecule has 1 heterocycles. The fraction of sp³-hybridized carbons (Fsp3) is 0.500. The molecule has 0 aromatic heterocycles. The van der Waals surface area contributed by atoms with Gasteiger partial charge in [0.1, 0.15) is 0 Å². The maximum atomic E-state index is 12.4. The summed E-state index contributed by atoms with van der Waals surface area (Å²) in [6.45, 7) is 1.22. The highest BCUT2D eigenvalue weighted by atomic mass is 79.9. The normalized spacial score (nSPS) is 16.8. The van der Waals surface area contributed by atoms with Gasteiger partial charge in [-0.2, -0.15) is 0 Å². The van der Waals surface area contributed by atoms with Crippen molar-refractivity contribution < 1.29 is 19.1 Å². The predicted molar refractivity (Wildman–Crippen MR) is 85.2 cm³/mol. The van der Waals surface area contributed by atoms with Gasteiger partial charge in [-0.05, 0) is 30.5 Å². The zero-order chi connectivity index (χ0) is 15.9. The number of hydrogen-bond donors (Lipinski definition) is 1. The molecule has 6 heteroatoms. The van der Waals surface area contributed by atoms with E-state index < -0.39 is 0 Å². The zero-order valence-electron chi connectivity index (χ0n) is 12.5. The molecule has 0 radical (unpaired) electrons. The van der Waals surface area contributed by atoms with Gasteiger partial charge in [0.15, 0.2) is 0 Å². The van der Waals surface area contributed by atoms with Gasteiger partial charge < -0.3 is 14.8 Å². The van der Waals surface area contributed by atoms with Gasteiger partial charge in [-0.1, -0.05) is 28.1 Å². The number of methoxy groups -OCH3 is 1. The Balaban J connectivity index is 2.07. The van der Waals surface area contributed by atoms with E-state index in [-0.39, 0.29) is 30.3 Å². The summed E-state index contributed by atoms with van der Waals surface area (Å²) in [7, 11) is 1.35. The van der Waals surface area contributed by atoms with Gasteiger partial charge in [0.2, 0.25) is 5.91 Å². The first-order chi connectivity index (χ1) is 10.6. The van der Waals surface area contributed by atoms with Gasteiger partial charge in [-0.15, -0.1) is 0 Å². The number of nitrogens with one attached hydrogen (secondary N) is 1. The van der Waals surface area contributed by atoms with Crippen LogP contribution in [0.3, 0.4) is 0 Å². The average Bonchev–Trinajstić information content (AvgIpc) is 2.55. The largest absolute Gasteiger partial charge is 0.469 e. The van der Waals surface area contributed by atoms with Gasteiger partial charge in [0, 0.05) is 23.6 Å². The van der Waals surface area contributed by atoms with Gasteiger partial charge in [-0.3, -0.25) is 9.59 Å². The Morgan fingerprint density at radius 2 is 1.95 bits per heavy atom. The van der Waals surface area contributed by atoms with Crippen LogP contribution >= 0.6 is 15.9 Å². The molecular weight excluding hydrogens is 350 g/mol. The summed E-state index contributed by atoms with van der Waals surface area (Å²) in [4.78, 5) is 24.0. The smallest absolute Gasteiger partial charge is 0.307 e. The van der Waals surface area contributed by atoms with Crippen LogP contribution in [-0.2, 0) is 19.1 Å². The lowest BCUT2D eigenvalue weighted by Crippen LogP contribution is -2.37. The van der Waals surface area contributed by atoms with Crippen molar-refractivity contribution in [1.82, 2.24) is 5.32 Å². The van der Waals surface area contributed by atoms with E-state index in [2.05, 4.69) is 21.2 Å². The monoisotopic (exact) mass is 369 g/mol. The number of amides is 1. The van der Waals surface area contributed by atoms with Crippen molar-refractivity contribution in [3.8, 4) is 0 Å². The topological polar surface area (TPSA) is 64.6 Å². The molecular formula is C16H20BrNO4. The van der Waals surface area contributed by atoms with Crippen molar-refractivity contribution >= 4 is 27.8 Å². The average molecular weight is 370 g/mol. The molecule has 0 saturated carbocycles. The Kier molecular flexibility index (Phi) is 6.39. The first kappa shape index (κ1) is 17.0. The molecule has 0 aliphatic carbocycles. The van der Waals surface area contributed by atoms with E-state index in [4.69, 9.17) is 9.47 Å². The summed E-state index contributed by atoms with van der Waals surface area (Å²) in [5, 5.41) is 2.98. The fourth-order valence-electron chi connectivity index (χ4n) is 2.45. The van der Waals surface area contributed by atoms with Crippen LogP contribution in [0.5, 0.6) is 0 Å². The summed E-state index contributed by atoms with van der Waals surface area (Å²) < 4.78 is 11.0. The molecule has 1 aliphatic heterocycles. The molecule has 0 bridgehead atoms. The Morgan fingerprint density at radius 1 is 1.32 bits per heavy atom. The van der Waals surface area contributed by atoms with Crippen molar-refractivity contribution in [2.24, 2.45) is 5.92 Å². The molecule has 0 unspecified atom stereocenters. The third kappa shape index (κ3) is 4.81. The van der Waals surface area contributed by atoms with Gasteiger partial charge in [0.25, 0.3) is 0 Å². The van der Waals surface area contributed by atoms with E-state index in [0.29, 0.717) is 13.2 Å². The minimum absolute atomic E-state index is 0.0277. The predicted octanol–water partition coefficient (Wildman–Crippen LogP) is 2.60. The van der Waals surface area contributed by atoms with Crippen molar-refractivity contribution in [3.05, 3.63) is 34.3 Å². The highest BCUT2D eigenvalue weighted by Crippen LogP contribution is 2.22. The summed E-state index contributed by atoms with van der Waals surface area (Å²) >= 11 is 3.38. The van der Waals surface area contributed by atoms with Crippen molar-refractivity contribution in [1.29, 1.82) is 0 Å². The van der Waals surface area contributed by atoms with E-state index in [0.717, 1.165) is 22.9 Å². The Labute approximate surface area is 138 Å². The number of ether oxygens (including phenoxy) is 2. The van der Waals surface area contributed by atoms with E-state index >= 15 is 0 Å². The van der Waals surface area contributed by atoms with E-state index in [1.165, 1.54) is 7.11 Å². The highest BCUT2D eigenvalue weighted by molar-refractivity contribution is 9.10. The number of rotatable bonds is 5. The second kappa shape index (κ2) is 8.29. The lowest BCUT2D eigenvalue weighted by atomic mass is 9.97. The lowest BCUT2D eigenvalue weighted by Gasteiger charge is -2.25. The Hall–Kier alpha value is -1.40. The van der Waals surface area contributed by atoms with Crippen LogP contribution in [0.2, 0.25) is 0 Å². The number of esters is 1. The summed E-state index contributed by atoms with van der Waals surface area (Å²) in [6.07, 6.45) is 1.56. The molecule has 120 valence electrons. The van der Waals surface area contributed by atoms with E-state index in [1.54, 1.807) is 0 Å². The molecule has 1 N–H and O–H groups in total. The quantitative estimate of drug-likeness (QED) is 0.810. The third-order valence-electron chi connectivity index (χ3n) is 3.78. The number of carbonyl (C=O) groups excluding carboxylic acids is 2. The molecule has 1 amide bonds. The standard InChI is InChI=1S/C16H20BrNO4/c1-21-15(19)10-14(11-2-4-13(17)5-3-11)18-16(20)12-6-8-22-9-7-12/h2-5,12,14H,6-10H2,1H3,(H,18,20)/t14-/m0/s1. The maximum absolute atomic E-state index is 12.4. The SMILES string of the molecule is COC(=O)C[C@H](NC(=O)C1CCOCC1)c1ccc(Br)cc1. The van der Waals surface area contributed by atoms with Crippen LogP contribution in [-0.4, -0.2) is 32.2 Å². The van der Waals surface area contributed by atoms with Crippen LogP contribution < -0.4 is 5.32 Å². The number of carbonyl (C=O) groups is 2. The maximum Gasteiger partial charge on any atom is 0.307 e. The van der Waals surface area contributed by atoms with Crippen LogP contribution in [0.15, 0.2) is 28.7 Å². The van der Waals surface area contributed by atoms with Crippen LogP contribution in [0, 0.1) is 5.92 Å². The molecule has 1 atom stereocenters. The summed E-state index contributed by atoms with van der Waals surface area (Å²) in [5.74, 6) is -0.426. The molecule has 1 fully saturated rings. The first-order valence-electron chi connectivity index (χ1n) is 7.30. The number of benzene rings is 1. The second-order valence-electron chi connectivity index (χ2n) is 5.28. The van der Waals surface area contributed by atoms with E-state index in [1.807, 2.05) is 24.3 Å². The van der Waals surface area contributed by atoms with Crippen molar-refractivity contribution in [2.45, 2.75) is 25.3 Å². The van der Waals surface area contributed by atoms with Gasteiger partial charge in [0.05, 0.1) is 19.6 Å². The number of hydrogen-bond acceptors (Lipinski definition) is 4. The molecule has 1 saturated heterocycles. The summed E-state index contributed by atoms with van der Waals surface area (Å²) in [6, 6.07) is 7.18. The third-order valence-corrected chi connectivity index (χ3v) is 4.31. The Morgan fingerprint density at radius 3 is 2.55 bits per heavy atom. The number of halogens is 1. The van der Waals surface area contributed by atoms with E-state index in [9.17, 15) is 9.59 Å². The van der Waals surface area contributed by atoms with Crippen LogP contribution in [0.25, 0.3) is 0 Å². The van der Waals surface area contributed by atoms with Gasteiger partial charge in [-0.25, -0.2) is 0 Å². The molecule has 1 aliphatic rings. The molecule has 22 heavy (non-hydrogen) atoms. The fourth-order valence-corrected chi connectivity index (χ4v) is 2.71. The highest BCUT2D eigenvalue weighted by Gasteiger charge is 2.25. The minimum atomic E-state index is -0.379. The second-order valence-corrected chi connectivity index (χ2v) is 6.20. The van der Waals surface area contributed by atoms with Crippen molar-refractivity contribution in [2.75, 3.05) is 20.3 Å². The van der Waals surface area contributed by atoms with Crippen LogP contribution in [0.1, 0.15) is 30.9 Å². The van der Waals surface area contributed by atoms with Crippen LogP contribution in [0.4, 0.5) is 0 Å². The molecule has 1 aromatic rings. The molecule has 5 nitrogen and oxygen atoms in total. The molecule has 2 rings (SSSR count). The summed E-state index contributed by atoms with van der Waals surface area (Å²) in [5.41, 5.74) is 0.883. The molecule has 1 aromatic carbocycles. The lowest BCUT2D eigenvalue weighted by molar-refractivity contribution is -0.141. The zero-order valence-corrected chi connectivity index (χ0v) is 14.1. The van der Waals surface area contributed by atoms with Crippen molar-refractivity contribution in [3.63, 3.8) is 0 Å². The Bertz CT molecular complexity index is 511.